The summed E-state index contributed by atoms with van der Waals surface area (Å²) < 4.78 is 7.89. The minimum absolute atomic E-state index is 0.0400. The number of amides is 1. The Balaban J connectivity index is 1.35. The van der Waals surface area contributed by atoms with E-state index < -0.39 is 0 Å². The molecule has 1 fully saturated rings. The topological polar surface area (TPSA) is 69.0 Å². The van der Waals surface area contributed by atoms with Crippen LogP contribution in [-0.2, 0) is 28.9 Å². The molecule has 1 aliphatic heterocycles. The van der Waals surface area contributed by atoms with E-state index in [9.17, 15) is 4.79 Å². The monoisotopic (exact) mass is 326 g/mol. The zero-order valence-corrected chi connectivity index (χ0v) is 13.6. The molecule has 0 unspecified atom stereocenters. The van der Waals surface area contributed by atoms with Gasteiger partial charge in [0.05, 0.1) is 18.7 Å². The molecule has 1 atom stereocenters. The van der Waals surface area contributed by atoms with Gasteiger partial charge in [-0.2, -0.15) is 5.10 Å². The standard InChI is InChI=1S/C18H22N4O2/c23-17(9-15-3-1-2-7-19-15)20-10-16-18-14(6-8-24-16)12-22(21-18)11-13-4-5-13/h1-3,7,12-13,16H,4-6,8-11H2,(H,20,23)/t16-/m0/s1. The number of aromatic nitrogens is 3. The Kier molecular flexibility index (Phi) is 4.30. The van der Waals surface area contributed by atoms with E-state index in [1.54, 1.807) is 6.20 Å². The van der Waals surface area contributed by atoms with Gasteiger partial charge in [0.15, 0.2) is 0 Å². The van der Waals surface area contributed by atoms with Crippen molar-refractivity contribution in [2.75, 3.05) is 13.2 Å². The molecule has 0 radical (unpaired) electrons. The van der Waals surface area contributed by atoms with Crippen molar-refractivity contribution in [3.8, 4) is 0 Å². The van der Waals surface area contributed by atoms with Gasteiger partial charge in [-0.1, -0.05) is 6.07 Å². The number of carbonyl (C=O) groups excluding carboxylic acids is 1. The molecule has 1 aliphatic carbocycles. The van der Waals surface area contributed by atoms with Crippen LogP contribution < -0.4 is 5.32 Å². The van der Waals surface area contributed by atoms with Crippen LogP contribution >= 0.6 is 0 Å². The summed E-state index contributed by atoms with van der Waals surface area (Å²) in [5.41, 5.74) is 3.01. The number of ether oxygens (including phenoxy) is 1. The third-order valence-corrected chi connectivity index (χ3v) is 4.56. The van der Waals surface area contributed by atoms with Crippen LogP contribution in [0.1, 0.15) is 35.9 Å². The molecule has 0 bridgehead atoms. The minimum Gasteiger partial charge on any atom is -0.370 e. The van der Waals surface area contributed by atoms with Gasteiger partial charge in [-0.15, -0.1) is 0 Å². The highest BCUT2D eigenvalue weighted by molar-refractivity contribution is 5.78. The molecule has 1 N–H and O–H groups in total. The normalized spacial score (nSPS) is 19.8. The Hall–Kier alpha value is -2.21. The van der Waals surface area contributed by atoms with E-state index in [1.165, 1.54) is 18.4 Å². The van der Waals surface area contributed by atoms with Gasteiger partial charge >= 0.3 is 0 Å². The first kappa shape index (κ1) is 15.3. The number of nitrogens with zero attached hydrogens (tertiary/aromatic N) is 3. The van der Waals surface area contributed by atoms with E-state index in [2.05, 4.69) is 21.2 Å². The molecule has 1 saturated carbocycles. The van der Waals surface area contributed by atoms with Crippen molar-refractivity contribution < 1.29 is 9.53 Å². The first-order valence-electron chi connectivity index (χ1n) is 8.62. The maximum Gasteiger partial charge on any atom is 0.226 e. The second-order valence-electron chi connectivity index (χ2n) is 6.62. The SMILES string of the molecule is O=C(Cc1ccccn1)NC[C@@H]1OCCc2cn(CC3CC3)nc21. The van der Waals surface area contributed by atoms with Crippen LogP contribution in [0.5, 0.6) is 0 Å². The molecule has 2 aromatic heterocycles. The molecule has 24 heavy (non-hydrogen) atoms. The number of carbonyl (C=O) groups is 1. The minimum atomic E-state index is -0.151. The van der Waals surface area contributed by atoms with E-state index in [4.69, 9.17) is 9.84 Å². The lowest BCUT2D eigenvalue weighted by molar-refractivity contribution is -0.121. The Morgan fingerprint density at radius 1 is 1.38 bits per heavy atom. The first-order valence-corrected chi connectivity index (χ1v) is 8.62. The quantitative estimate of drug-likeness (QED) is 0.876. The van der Waals surface area contributed by atoms with E-state index in [1.807, 2.05) is 18.2 Å². The summed E-state index contributed by atoms with van der Waals surface area (Å²) in [5, 5.41) is 7.65. The van der Waals surface area contributed by atoms with Crippen molar-refractivity contribution in [1.82, 2.24) is 20.1 Å². The molecule has 4 rings (SSSR count). The summed E-state index contributed by atoms with van der Waals surface area (Å²) in [6.45, 7) is 2.15. The second kappa shape index (κ2) is 6.73. The number of rotatable bonds is 6. The van der Waals surface area contributed by atoms with Gasteiger partial charge in [0.25, 0.3) is 0 Å². The number of nitrogens with one attached hydrogen (secondary N) is 1. The van der Waals surface area contributed by atoms with Crippen molar-refractivity contribution in [3.05, 3.63) is 47.5 Å². The van der Waals surface area contributed by atoms with Gasteiger partial charge in [-0.05, 0) is 42.9 Å². The smallest absolute Gasteiger partial charge is 0.226 e. The summed E-state index contributed by atoms with van der Waals surface area (Å²) in [5.74, 6) is 0.755. The second-order valence-corrected chi connectivity index (χ2v) is 6.62. The van der Waals surface area contributed by atoms with E-state index in [0.717, 1.165) is 30.3 Å². The molecule has 0 spiro atoms. The molecular weight excluding hydrogens is 304 g/mol. The van der Waals surface area contributed by atoms with Gasteiger partial charge in [0, 0.05) is 31.2 Å². The van der Waals surface area contributed by atoms with Gasteiger partial charge in [0.2, 0.25) is 5.91 Å². The Morgan fingerprint density at radius 3 is 3.08 bits per heavy atom. The maximum atomic E-state index is 12.1. The summed E-state index contributed by atoms with van der Waals surface area (Å²) in [7, 11) is 0. The molecule has 2 aliphatic rings. The lowest BCUT2D eigenvalue weighted by Crippen LogP contribution is -2.33. The number of pyridine rings is 1. The lowest BCUT2D eigenvalue weighted by Gasteiger charge is -2.22. The summed E-state index contributed by atoms with van der Waals surface area (Å²) in [6.07, 6.45) is 7.52. The van der Waals surface area contributed by atoms with Crippen LogP contribution in [-0.4, -0.2) is 33.8 Å². The maximum absolute atomic E-state index is 12.1. The van der Waals surface area contributed by atoms with Crippen molar-refractivity contribution in [1.29, 1.82) is 0 Å². The van der Waals surface area contributed by atoms with Crippen molar-refractivity contribution in [2.45, 2.75) is 38.3 Å². The third kappa shape index (κ3) is 3.64. The highest BCUT2D eigenvalue weighted by atomic mass is 16.5. The molecule has 0 aromatic carbocycles. The van der Waals surface area contributed by atoms with E-state index in [0.29, 0.717) is 13.2 Å². The van der Waals surface area contributed by atoms with Crippen LogP contribution in [0.3, 0.4) is 0 Å². The summed E-state index contributed by atoms with van der Waals surface area (Å²) >= 11 is 0. The molecule has 6 heteroatoms. The van der Waals surface area contributed by atoms with Gasteiger partial charge in [-0.25, -0.2) is 0 Å². The summed E-state index contributed by atoms with van der Waals surface area (Å²) in [6, 6.07) is 5.59. The van der Waals surface area contributed by atoms with Crippen LogP contribution in [0.15, 0.2) is 30.6 Å². The molecule has 2 aromatic rings. The number of hydrogen-bond acceptors (Lipinski definition) is 4. The fourth-order valence-electron chi connectivity index (χ4n) is 3.08. The summed E-state index contributed by atoms with van der Waals surface area (Å²) in [4.78, 5) is 16.3. The molecule has 3 heterocycles. The zero-order valence-electron chi connectivity index (χ0n) is 13.6. The zero-order chi connectivity index (χ0) is 16.4. The fourth-order valence-corrected chi connectivity index (χ4v) is 3.08. The molecule has 6 nitrogen and oxygen atoms in total. The Bertz CT molecular complexity index is 709. The highest BCUT2D eigenvalue weighted by Crippen LogP contribution is 2.32. The average Bonchev–Trinajstić information content (AvgIpc) is 3.30. The molecule has 0 saturated heterocycles. The van der Waals surface area contributed by atoms with Gasteiger partial charge in [-0.3, -0.25) is 14.5 Å². The van der Waals surface area contributed by atoms with Gasteiger partial charge < -0.3 is 10.1 Å². The molecule has 126 valence electrons. The lowest BCUT2D eigenvalue weighted by atomic mass is 10.1. The Labute approximate surface area is 141 Å². The molecule has 1 amide bonds. The van der Waals surface area contributed by atoms with Crippen LogP contribution in [0.4, 0.5) is 0 Å². The predicted molar refractivity (Wildman–Crippen MR) is 88.3 cm³/mol. The Morgan fingerprint density at radius 2 is 2.29 bits per heavy atom. The number of hydrogen-bond donors (Lipinski definition) is 1. The van der Waals surface area contributed by atoms with Crippen LogP contribution in [0.25, 0.3) is 0 Å². The highest BCUT2D eigenvalue weighted by Gasteiger charge is 2.27. The van der Waals surface area contributed by atoms with Crippen LogP contribution in [0, 0.1) is 5.92 Å². The van der Waals surface area contributed by atoms with Crippen LogP contribution in [0.2, 0.25) is 0 Å². The number of fused-ring (bicyclic) bond motifs is 1. The van der Waals surface area contributed by atoms with Crippen molar-refractivity contribution >= 4 is 5.91 Å². The van der Waals surface area contributed by atoms with E-state index >= 15 is 0 Å². The van der Waals surface area contributed by atoms with Crippen molar-refractivity contribution in [3.63, 3.8) is 0 Å². The third-order valence-electron chi connectivity index (χ3n) is 4.56. The average molecular weight is 326 g/mol. The van der Waals surface area contributed by atoms with Crippen molar-refractivity contribution in [2.24, 2.45) is 5.92 Å². The first-order chi connectivity index (χ1) is 11.8. The molecular formula is C18H22N4O2. The largest absolute Gasteiger partial charge is 0.370 e. The van der Waals surface area contributed by atoms with E-state index in [-0.39, 0.29) is 18.4 Å². The fraction of sp³-hybridized carbons (Fsp3) is 0.500. The van der Waals surface area contributed by atoms with Gasteiger partial charge in [0.1, 0.15) is 6.10 Å². The predicted octanol–water partition coefficient (Wildman–Crippen LogP) is 1.66.